The van der Waals surface area contributed by atoms with Gasteiger partial charge in [-0.25, -0.2) is 15.0 Å². The quantitative estimate of drug-likeness (QED) is 0.639. The van der Waals surface area contributed by atoms with Crippen LogP contribution in [0.2, 0.25) is 0 Å². The lowest BCUT2D eigenvalue weighted by atomic mass is 10.2. The van der Waals surface area contributed by atoms with Gasteiger partial charge in [0.25, 0.3) is 0 Å². The first-order valence-corrected chi connectivity index (χ1v) is 8.80. The van der Waals surface area contributed by atoms with Gasteiger partial charge in [-0.3, -0.25) is 0 Å². The van der Waals surface area contributed by atoms with Gasteiger partial charge in [0.2, 0.25) is 0 Å². The second-order valence-corrected chi connectivity index (χ2v) is 7.82. The zero-order chi connectivity index (χ0) is 15.8. The molecule has 0 radical (unpaired) electrons. The second kappa shape index (κ2) is 4.87. The van der Waals surface area contributed by atoms with E-state index >= 15 is 0 Å². The highest BCUT2D eigenvalue weighted by Gasteiger charge is 2.36. The van der Waals surface area contributed by atoms with Crippen LogP contribution in [0.15, 0.2) is 41.8 Å². The van der Waals surface area contributed by atoms with Crippen molar-refractivity contribution < 1.29 is 11.7 Å². The lowest BCUT2D eigenvalue weighted by Gasteiger charge is -2.35. The fourth-order valence-electron chi connectivity index (χ4n) is 2.20. The van der Waals surface area contributed by atoms with Gasteiger partial charge in [0.1, 0.15) is 11.8 Å². The largest absolute Gasteiger partial charge is 0.364 e. The Morgan fingerprint density at radius 1 is 1.14 bits per heavy atom. The molecule has 2 aromatic heterocycles. The van der Waals surface area contributed by atoms with Crippen molar-refractivity contribution in [2.24, 2.45) is 0 Å². The van der Waals surface area contributed by atoms with Crippen LogP contribution in [0.5, 0.6) is 0 Å². The van der Waals surface area contributed by atoms with Gasteiger partial charge in [0.15, 0.2) is 11.5 Å². The van der Waals surface area contributed by atoms with Crippen LogP contribution in [0.1, 0.15) is 5.56 Å². The predicted octanol–water partition coefficient (Wildman–Crippen LogP) is 3.68. The van der Waals surface area contributed by atoms with E-state index in [2.05, 4.69) is 25.3 Å². The van der Waals surface area contributed by atoms with Crippen molar-refractivity contribution in [1.82, 2.24) is 19.9 Å². The highest BCUT2D eigenvalue weighted by Crippen LogP contribution is 2.78. The van der Waals surface area contributed by atoms with Crippen LogP contribution in [-0.4, -0.2) is 26.2 Å². The van der Waals surface area contributed by atoms with Gasteiger partial charge in [-0.05, 0) is 11.6 Å². The first-order valence-electron chi connectivity index (χ1n) is 6.45. The molecular formula is C13H14F3N5S. The fourth-order valence-corrected chi connectivity index (χ4v) is 3.37. The number of hydrogen-bond acceptors (Lipinski definition) is 4. The van der Waals surface area contributed by atoms with Gasteiger partial charge in [-0.2, -0.15) is 11.7 Å². The molecule has 1 aromatic carbocycles. The third-order valence-corrected chi connectivity index (χ3v) is 4.64. The van der Waals surface area contributed by atoms with Crippen LogP contribution in [0.25, 0.3) is 11.2 Å². The van der Waals surface area contributed by atoms with Crippen molar-refractivity contribution in [2.45, 2.75) is 11.4 Å². The summed E-state index contributed by atoms with van der Waals surface area (Å²) in [5, 5.41) is 2.92. The van der Waals surface area contributed by atoms with Crippen molar-refractivity contribution in [3.05, 3.63) is 42.5 Å². The van der Waals surface area contributed by atoms with Gasteiger partial charge in [-0.15, -0.1) is 0 Å². The Morgan fingerprint density at radius 2 is 1.91 bits per heavy atom. The number of hydrogen-bond donors (Lipinski definition) is 3. The highest BCUT2D eigenvalue weighted by atomic mass is 32.4. The Morgan fingerprint density at radius 3 is 2.68 bits per heavy atom. The Labute approximate surface area is 125 Å². The van der Waals surface area contributed by atoms with E-state index in [-0.39, 0.29) is 12.1 Å². The number of anilines is 1. The topological polar surface area (TPSA) is 66.5 Å². The molecule has 0 bridgehead atoms. The average Bonchev–Trinajstić information content (AvgIpc) is 2.92. The number of aromatic nitrogens is 4. The van der Waals surface area contributed by atoms with Gasteiger partial charge in [0, 0.05) is 12.8 Å². The first-order chi connectivity index (χ1) is 10.3. The zero-order valence-electron chi connectivity index (χ0n) is 11.6. The molecule has 0 amide bonds. The van der Waals surface area contributed by atoms with Crippen LogP contribution < -0.4 is 5.32 Å². The lowest BCUT2D eigenvalue weighted by molar-refractivity contribution is 0.597. The van der Waals surface area contributed by atoms with E-state index in [1.54, 1.807) is 6.07 Å². The van der Waals surface area contributed by atoms with Crippen LogP contribution in [0, 0.1) is 0 Å². The van der Waals surface area contributed by atoms with E-state index in [1.807, 2.05) is 0 Å². The van der Waals surface area contributed by atoms with Crippen molar-refractivity contribution in [1.29, 1.82) is 0 Å². The number of aromatic amines is 1. The van der Waals surface area contributed by atoms with Crippen LogP contribution in [0.3, 0.4) is 0 Å². The summed E-state index contributed by atoms with van der Waals surface area (Å²) in [5.74, 6) is 0.422. The normalized spacial score (nSPS) is 13.7. The van der Waals surface area contributed by atoms with Gasteiger partial charge < -0.3 is 10.3 Å². The predicted molar refractivity (Wildman–Crippen MR) is 82.0 cm³/mol. The molecule has 5 nitrogen and oxygen atoms in total. The minimum absolute atomic E-state index is 0.0187. The number of H-pyrrole nitrogens is 1. The Bertz CT molecular complexity index is 818. The Hall–Kier alpha value is -2.29. The second-order valence-electron chi connectivity index (χ2n) is 4.98. The molecule has 0 saturated carbocycles. The van der Waals surface area contributed by atoms with Gasteiger partial charge >= 0.3 is 0 Å². The highest BCUT2D eigenvalue weighted by molar-refractivity contribution is 8.37. The SMILES string of the molecule is C[SH](F)(F)(F)c1ccccc1CNc1ncnc2nc[nH]c12. The minimum atomic E-state index is -6.32. The van der Waals surface area contributed by atoms with Crippen molar-refractivity contribution in [3.8, 4) is 0 Å². The molecule has 0 aliphatic carbocycles. The Kier molecular flexibility index (Phi) is 3.24. The lowest BCUT2D eigenvalue weighted by Crippen LogP contribution is -2.07. The monoisotopic (exact) mass is 329 g/mol. The maximum Gasteiger partial charge on any atom is 0.182 e. The number of imidazole rings is 1. The molecule has 0 saturated heterocycles. The van der Waals surface area contributed by atoms with E-state index < -0.39 is 15.2 Å². The number of fused-ring (bicyclic) bond motifs is 1. The van der Waals surface area contributed by atoms with E-state index in [0.717, 1.165) is 6.07 Å². The fraction of sp³-hybridized carbons (Fsp3) is 0.154. The molecule has 0 aliphatic rings. The first kappa shape index (κ1) is 14.6. The molecule has 0 unspecified atom stereocenters. The minimum Gasteiger partial charge on any atom is -0.364 e. The average molecular weight is 329 g/mol. The number of benzene rings is 1. The molecule has 2 N–H and O–H groups in total. The number of rotatable bonds is 4. The maximum absolute atomic E-state index is 13.7. The van der Waals surface area contributed by atoms with Crippen molar-refractivity contribution >= 4 is 27.3 Å². The molecule has 3 aromatic rings. The molecule has 0 spiro atoms. The van der Waals surface area contributed by atoms with Crippen molar-refractivity contribution in [2.75, 3.05) is 11.6 Å². The molecule has 2 heterocycles. The van der Waals surface area contributed by atoms with E-state index in [1.165, 1.54) is 24.8 Å². The molecular weight excluding hydrogens is 315 g/mol. The summed E-state index contributed by atoms with van der Waals surface area (Å²) in [7, 11) is -6.32. The third-order valence-electron chi connectivity index (χ3n) is 3.17. The summed E-state index contributed by atoms with van der Waals surface area (Å²) in [6.07, 6.45) is 3.15. The number of nitrogens with zero attached hydrogens (tertiary/aromatic N) is 3. The van der Waals surface area contributed by atoms with E-state index in [4.69, 9.17) is 0 Å². The summed E-state index contributed by atoms with van der Waals surface area (Å²) in [6, 6.07) is 5.59. The summed E-state index contributed by atoms with van der Waals surface area (Å²) >= 11 is 0. The van der Waals surface area contributed by atoms with Crippen LogP contribution in [-0.2, 0) is 6.54 Å². The molecule has 0 atom stereocenters. The number of nitrogens with one attached hydrogen (secondary N) is 2. The summed E-state index contributed by atoms with van der Waals surface area (Å²) in [5.41, 5.74) is 1.22. The van der Waals surface area contributed by atoms with E-state index in [9.17, 15) is 11.7 Å². The third kappa shape index (κ3) is 2.84. The number of thiol groups is 1. The summed E-state index contributed by atoms with van der Waals surface area (Å²) < 4.78 is 41.2. The number of halogens is 3. The smallest absolute Gasteiger partial charge is 0.182 e. The molecule has 0 fully saturated rings. The maximum atomic E-state index is 13.7. The standard InChI is InChI=1S/C13H14F3N5S/c1-22(14,15,16)10-5-3-2-4-9(10)6-17-12-11-13(19-7-18-11)21-8-20-12/h2-5,7-8,22H,6H2,1H3,(H2,17,18,19,20,21). The molecule has 22 heavy (non-hydrogen) atoms. The summed E-state index contributed by atoms with van der Waals surface area (Å²) in [6.45, 7) is 0.0187. The molecule has 118 valence electrons. The van der Waals surface area contributed by atoms with Crippen LogP contribution >= 0.6 is 10.3 Å². The molecule has 3 rings (SSSR count). The van der Waals surface area contributed by atoms with Crippen LogP contribution in [0.4, 0.5) is 17.5 Å². The van der Waals surface area contributed by atoms with Gasteiger partial charge in [0.05, 0.1) is 21.5 Å². The van der Waals surface area contributed by atoms with Crippen molar-refractivity contribution in [3.63, 3.8) is 0 Å². The van der Waals surface area contributed by atoms with Gasteiger partial charge in [-0.1, -0.05) is 18.2 Å². The Balaban J connectivity index is 1.91. The molecule has 9 heteroatoms. The summed E-state index contributed by atoms with van der Waals surface area (Å²) in [4.78, 5) is 14.3. The zero-order valence-corrected chi connectivity index (χ0v) is 12.5. The molecule has 0 aliphatic heterocycles. The van der Waals surface area contributed by atoms with E-state index in [0.29, 0.717) is 23.2 Å².